The highest BCUT2D eigenvalue weighted by Crippen LogP contribution is 2.18. The Morgan fingerprint density at radius 1 is 1.33 bits per heavy atom. The van der Waals surface area contributed by atoms with Crippen molar-refractivity contribution in [2.24, 2.45) is 5.41 Å². The molecule has 3 nitrogen and oxygen atoms in total. The van der Waals surface area contributed by atoms with Crippen molar-refractivity contribution in [1.82, 2.24) is 5.32 Å². The normalized spacial score (nSPS) is 17.1. The summed E-state index contributed by atoms with van der Waals surface area (Å²) in [4.78, 5) is 10.5. The van der Waals surface area contributed by atoms with Crippen molar-refractivity contribution in [2.75, 3.05) is 0 Å². The summed E-state index contributed by atoms with van der Waals surface area (Å²) in [5, 5.41) is 11.7. The Hall–Kier alpha value is -0.570. The lowest BCUT2D eigenvalue weighted by Crippen LogP contribution is -2.45. The Balaban J connectivity index is 4.01. The Morgan fingerprint density at radius 3 is 2.00 bits per heavy atom. The summed E-state index contributed by atoms with van der Waals surface area (Å²) in [7, 11) is 0. The third-order valence-corrected chi connectivity index (χ3v) is 2.17. The highest BCUT2D eigenvalue weighted by atomic mass is 16.4. The molecule has 2 N–H and O–H groups in total. The summed E-state index contributed by atoms with van der Waals surface area (Å²) >= 11 is 0. The van der Waals surface area contributed by atoms with Crippen LogP contribution in [0.15, 0.2) is 0 Å². The smallest absolute Gasteiger partial charge is 0.320 e. The van der Waals surface area contributed by atoms with Gasteiger partial charge in [0, 0.05) is 6.04 Å². The van der Waals surface area contributed by atoms with E-state index in [1.165, 1.54) is 0 Å². The van der Waals surface area contributed by atoms with Gasteiger partial charge in [-0.25, -0.2) is 0 Å². The van der Waals surface area contributed by atoms with Crippen LogP contribution in [0.4, 0.5) is 0 Å². The maximum Gasteiger partial charge on any atom is 0.320 e. The van der Waals surface area contributed by atoms with Crippen LogP contribution in [0.25, 0.3) is 0 Å². The van der Waals surface area contributed by atoms with Crippen LogP contribution in [0.3, 0.4) is 0 Å². The second-order valence-corrected chi connectivity index (χ2v) is 4.31. The number of carboxylic acids is 1. The van der Waals surface area contributed by atoms with E-state index >= 15 is 0 Å². The molecule has 3 heteroatoms. The number of nitrogens with one attached hydrogen (secondary N) is 1. The van der Waals surface area contributed by atoms with Crippen LogP contribution in [-0.4, -0.2) is 23.2 Å². The van der Waals surface area contributed by atoms with Crippen LogP contribution in [-0.2, 0) is 4.79 Å². The quantitative estimate of drug-likeness (QED) is 0.679. The van der Waals surface area contributed by atoms with Crippen LogP contribution >= 0.6 is 0 Å². The predicted octanol–water partition coefficient (Wildman–Crippen LogP) is 1.48. The second-order valence-electron chi connectivity index (χ2n) is 4.31. The average Bonchev–Trinajstić information content (AvgIpc) is 1.85. The van der Waals surface area contributed by atoms with E-state index in [0.717, 1.165) is 0 Å². The maximum atomic E-state index is 10.5. The fourth-order valence-corrected chi connectivity index (χ4v) is 0.696. The van der Waals surface area contributed by atoms with Gasteiger partial charge in [-0.2, -0.15) is 0 Å². The molecule has 0 aliphatic carbocycles. The lowest BCUT2D eigenvalue weighted by Gasteiger charge is -2.29. The van der Waals surface area contributed by atoms with E-state index in [1.54, 1.807) is 6.92 Å². The first-order chi connectivity index (χ1) is 5.25. The van der Waals surface area contributed by atoms with Crippen LogP contribution in [0.5, 0.6) is 0 Å². The Kier molecular flexibility index (Phi) is 3.71. The van der Waals surface area contributed by atoms with Crippen molar-refractivity contribution in [3.05, 3.63) is 0 Å². The molecule has 0 aromatic carbocycles. The largest absolute Gasteiger partial charge is 0.480 e. The van der Waals surface area contributed by atoms with Gasteiger partial charge in [-0.3, -0.25) is 4.79 Å². The average molecular weight is 173 g/mol. The number of carboxylic acid groups (broad SMARTS) is 1. The van der Waals surface area contributed by atoms with Gasteiger partial charge < -0.3 is 10.4 Å². The van der Waals surface area contributed by atoms with E-state index in [9.17, 15) is 4.79 Å². The van der Waals surface area contributed by atoms with Crippen LogP contribution < -0.4 is 5.32 Å². The third-order valence-electron chi connectivity index (χ3n) is 2.17. The fraction of sp³-hybridized carbons (Fsp3) is 0.889. The second kappa shape index (κ2) is 3.90. The molecule has 0 spiro atoms. The lowest BCUT2D eigenvalue weighted by molar-refractivity contribution is -0.139. The molecule has 12 heavy (non-hydrogen) atoms. The lowest BCUT2D eigenvalue weighted by atomic mass is 9.87. The van der Waals surface area contributed by atoms with E-state index in [4.69, 9.17) is 5.11 Å². The SMILES string of the molecule is C[C@@H](N[C@H](C)C(C)(C)C)C(=O)O. The molecule has 0 unspecified atom stereocenters. The van der Waals surface area contributed by atoms with E-state index in [-0.39, 0.29) is 11.5 Å². The van der Waals surface area contributed by atoms with Gasteiger partial charge in [-0.1, -0.05) is 20.8 Å². The monoisotopic (exact) mass is 173 g/mol. The van der Waals surface area contributed by atoms with Crippen molar-refractivity contribution in [1.29, 1.82) is 0 Å². The molecule has 0 rings (SSSR count). The number of hydrogen-bond acceptors (Lipinski definition) is 2. The van der Waals surface area contributed by atoms with E-state index in [2.05, 4.69) is 26.1 Å². The number of aliphatic carboxylic acids is 1. The maximum absolute atomic E-state index is 10.5. The van der Waals surface area contributed by atoms with Crippen molar-refractivity contribution in [3.63, 3.8) is 0 Å². The zero-order valence-corrected chi connectivity index (χ0v) is 8.51. The van der Waals surface area contributed by atoms with E-state index < -0.39 is 12.0 Å². The molecule has 0 aromatic heterocycles. The van der Waals surface area contributed by atoms with Gasteiger partial charge in [0.15, 0.2) is 0 Å². The molecule has 0 fully saturated rings. The first kappa shape index (κ1) is 11.4. The zero-order valence-electron chi connectivity index (χ0n) is 8.51. The van der Waals surface area contributed by atoms with Crippen molar-refractivity contribution in [3.8, 4) is 0 Å². The summed E-state index contributed by atoms with van der Waals surface area (Å²) in [5.41, 5.74) is 0.101. The van der Waals surface area contributed by atoms with E-state index in [0.29, 0.717) is 0 Å². The van der Waals surface area contributed by atoms with Crippen LogP contribution in [0.2, 0.25) is 0 Å². The summed E-state index contributed by atoms with van der Waals surface area (Å²) in [5.74, 6) is -0.800. The first-order valence-electron chi connectivity index (χ1n) is 4.24. The molecule has 0 aromatic rings. The minimum atomic E-state index is -0.800. The predicted molar refractivity (Wildman–Crippen MR) is 49.2 cm³/mol. The molecule has 0 aliphatic rings. The molecule has 72 valence electrons. The molecule has 0 radical (unpaired) electrons. The molecule has 0 amide bonds. The number of carbonyl (C=O) groups is 1. The van der Waals surface area contributed by atoms with Crippen LogP contribution in [0, 0.1) is 5.41 Å². The molecule has 0 saturated heterocycles. The summed E-state index contributed by atoms with van der Waals surface area (Å²) in [6.45, 7) is 9.90. The van der Waals surface area contributed by atoms with Gasteiger partial charge in [0.2, 0.25) is 0 Å². The summed E-state index contributed by atoms with van der Waals surface area (Å²) in [6, 6.07) is -0.275. The fourth-order valence-electron chi connectivity index (χ4n) is 0.696. The summed E-state index contributed by atoms with van der Waals surface area (Å²) in [6.07, 6.45) is 0. The standard InChI is InChI=1S/C9H19NO2/c1-6(8(11)12)10-7(2)9(3,4)5/h6-7,10H,1-5H3,(H,11,12)/t6-,7-/m1/s1. The zero-order chi connectivity index (χ0) is 9.94. The number of hydrogen-bond donors (Lipinski definition) is 2. The van der Waals surface area contributed by atoms with Gasteiger partial charge in [0.1, 0.15) is 6.04 Å². The molecule has 0 bridgehead atoms. The van der Waals surface area contributed by atoms with Gasteiger partial charge in [0.25, 0.3) is 0 Å². The topological polar surface area (TPSA) is 49.3 Å². The van der Waals surface area contributed by atoms with Gasteiger partial charge in [0.05, 0.1) is 0 Å². The van der Waals surface area contributed by atoms with Crippen LogP contribution in [0.1, 0.15) is 34.6 Å². The highest BCUT2D eigenvalue weighted by molar-refractivity contribution is 5.72. The van der Waals surface area contributed by atoms with E-state index in [1.807, 2.05) is 6.92 Å². The molecule has 0 aliphatic heterocycles. The molecular weight excluding hydrogens is 154 g/mol. The Labute approximate surface area is 74.2 Å². The van der Waals surface area contributed by atoms with Gasteiger partial charge >= 0.3 is 5.97 Å². The Bertz CT molecular complexity index is 160. The minimum Gasteiger partial charge on any atom is -0.480 e. The number of rotatable bonds is 3. The Morgan fingerprint density at radius 2 is 1.75 bits per heavy atom. The molecule has 0 heterocycles. The van der Waals surface area contributed by atoms with Crippen molar-refractivity contribution in [2.45, 2.75) is 46.7 Å². The molecule has 0 saturated carbocycles. The van der Waals surface area contributed by atoms with Gasteiger partial charge in [-0.05, 0) is 19.3 Å². The minimum absolute atomic E-state index is 0.101. The highest BCUT2D eigenvalue weighted by Gasteiger charge is 2.23. The molecule has 2 atom stereocenters. The van der Waals surface area contributed by atoms with Crippen molar-refractivity contribution < 1.29 is 9.90 Å². The van der Waals surface area contributed by atoms with Gasteiger partial charge in [-0.15, -0.1) is 0 Å². The summed E-state index contributed by atoms with van der Waals surface area (Å²) < 4.78 is 0. The molecular formula is C9H19NO2. The third kappa shape index (κ3) is 3.72. The first-order valence-corrected chi connectivity index (χ1v) is 4.24. The van der Waals surface area contributed by atoms with Crippen molar-refractivity contribution >= 4 is 5.97 Å².